The number of nitrogens with zero attached hydrogens (tertiary/aromatic N) is 1. The Kier molecular flexibility index (Phi) is 6.58. The molecule has 0 aliphatic carbocycles. The number of nitrogens with one attached hydrogen (secondary N) is 2. The van der Waals surface area contributed by atoms with E-state index in [9.17, 15) is 26.4 Å². The molecule has 0 aliphatic heterocycles. The standard InChI is InChI=1S/C16H13ClF3N3O3S/c17-12-5-7-13(8-6-12)27(25,26)22-10-15(24)23-21-9-11-3-1-2-4-14(11)16(18,19)20/h1-9,22H,10H2,(H,23,24)/b21-9+. The van der Waals surface area contributed by atoms with Crippen molar-refractivity contribution < 1.29 is 26.4 Å². The molecule has 144 valence electrons. The summed E-state index contributed by atoms with van der Waals surface area (Å²) in [4.78, 5) is 11.6. The fourth-order valence-corrected chi connectivity index (χ4v) is 3.05. The molecule has 11 heteroatoms. The fraction of sp³-hybridized carbons (Fsp3) is 0.125. The molecule has 2 aromatic rings. The molecular formula is C16H13ClF3N3O3S. The first kappa shape index (κ1) is 20.9. The molecule has 0 bridgehead atoms. The van der Waals surface area contributed by atoms with Crippen LogP contribution >= 0.6 is 11.6 Å². The summed E-state index contributed by atoms with van der Waals surface area (Å²) in [6.45, 7) is -0.650. The summed E-state index contributed by atoms with van der Waals surface area (Å²) >= 11 is 5.67. The van der Waals surface area contributed by atoms with Gasteiger partial charge >= 0.3 is 6.18 Å². The zero-order chi connectivity index (χ0) is 20.1. The van der Waals surface area contributed by atoms with Gasteiger partial charge in [0.2, 0.25) is 10.0 Å². The highest BCUT2D eigenvalue weighted by molar-refractivity contribution is 7.89. The second-order valence-electron chi connectivity index (χ2n) is 5.16. The smallest absolute Gasteiger partial charge is 0.272 e. The summed E-state index contributed by atoms with van der Waals surface area (Å²) in [6.07, 6.45) is -3.74. The number of benzene rings is 2. The summed E-state index contributed by atoms with van der Waals surface area (Å²) in [5.74, 6) is -0.853. The second kappa shape index (κ2) is 8.51. The average molecular weight is 420 g/mol. The van der Waals surface area contributed by atoms with Crippen molar-refractivity contribution in [3.8, 4) is 0 Å². The van der Waals surface area contributed by atoms with E-state index in [1.165, 1.54) is 42.5 Å². The SMILES string of the molecule is O=C(CNS(=O)(=O)c1ccc(Cl)cc1)N/N=C/c1ccccc1C(F)(F)F. The van der Waals surface area contributed by atoms with Crippen LogP contribution in [0.15, 0.2) is 58.5 Å². The average Bonchev–Trinajstić information content (AvgIpc) is 2.60. The number of halogens is 4. The second-order valence-corrected chi connectivity index (χ2v) is 7.36. The first-order valence-corrected chi connectivity index (χ1v) is 9.19. The van der Waals surface area contributed by atoms with Gasteiger partial charge in [-0.05, 0) is 30.3 Å². The van der Waals surface area contributed by atoms with Crippen molar-refractivity contribution in [3.63, 3.8) is 0 Å². The van der Waals surface area contributed by atoms with Gasteiger partial charge in [0.15, 0.2) is 0 Å². The number of sulfonamides is 1. The van der Waals surface area contributed by atoms with Crippen LogP contribution < -0.4 is 10.1 Å². The van der Waals surface area contributed by atoms with Crippen LogP contribution in [-0.4, -0.2) is 27.1 Å². The topological polar surface area (TPSA) is 87.6 Å². The molecule has 0 unspecified atom stereocenters. The Hall–Kier alpha value is -2.43. The van der Waals surface area contributed by atoms with Crippen LogP contribution in [0.2, 0.25) is 5.02 Å². The van der Waals surface area contributed by atoms with E-state index in [-0.39, 0.29) is 10.5 Å². The molecule has 6 nitrogen and oxygen atoms in total. The fourth-order valence-electron chi connectivity index (χ4n) is 1.94. The quantitative estimate of drug-likeness (QED) is 0.557. The lowest BCUT2D eigenvalue weighted by atomic mass is 10.1. The lowest BCUT2D eigenvalue weighted by molar-refractivity contribution is -0.137. The third-order valence-electron chi connectivity index (χ3n) is 3.21. The Balaban J connectivity index is 1.95. The van der Waals surface area contributed by atoms with E-state index in [1.54, 1.807) is 0 Å². The molecule has 0 aromatic heterocycles. The van der Waals surface area contributed by atoms with E-state index in [4.69, 9.17) is 11.6 Å². The minimum Gasteiger partial charge on any atom is -0.272 e. The normalized spacial score (nSPS) is 12.3. The number of amides is 1. The number of hydrogen-bond acceptors (Lipinski definition) is 4. The van der Waals surface area contributed by atoms with Crippen LogP contribution in [0.5, 0.6) is 0 Å². The maximum absolute atomic E-state index is 12.8. The van der Waals surface area contributed by atoms with Crippen molar-refractivity contribution in [1.82, 2.24) is 10.1 Å². The molecule has 2 N–H and O–H groups in total. The molecule has 0 atom stereocenters. The highest BCUT2D eigenvalue weighted by Gasteiger charge is 2.32. The summed E-state index contributed by atoms with van der Waals surface area (Å²) in [5.41, 5.74) is 0.804. The van der Waals surface area contributed by atoms with Crippen molar-refractivity contribution >= 4 is 33.7 Å². The Morgan fingerprint density at radius 2 is 1.74 bits per heavy atom. The number of alkyl halides is 3. The van der Waals surface area contributed by atoms with Crippen molar-refractivity contribution in [3.05, 3.63) is 64.7 Å². The van der Waals surface area contributed by atoms with Crippen LogP contribution in [0.25, 0.3) is 0 Å². The van der Waals surface area contributed by atoms with Crippen LogP contribution in [0.3, 0.4) is 0 Å². The Labute approximate surface area is 158 Å². The Bertz CT molecular complexity index is 945. The van der Waals surface area contributed by atoms with E-state index < -0.39 is 34.2 Å². The van der Waals surface area contributed by atoms with Crippen LogP contribution in [0.1, 0.15) is 11.1 Å². The first-order chi connectivity index (χ1) is 12.6. The molecule has 1 amide bonds. The third kappa shape index (κ3) is 6.05. The number of rotatable bonds is 6. The van der Waals surface area contributed by atoms with Gasteiger partial charge in [0.25, 0.3) is 5.91 Å². The van der Waals surface area contributed by atoms with Gasteiger partial charge in [0.05, 0.1) is 23.2 Å². The van der Waals surface area contributed by atoms with Gasteiger partial charge in [0.1, 0.15) is 0 Å². The van der Waals surface area contributed by atoms with Crippen molar-refractivity contribution in [1.29, 1.82) is 0 Å². The van der Waals surface area contributed by atoms with Gasteiger partial charge in [-0.2, -0.15) is 18.3 Å². The van der Waals surface area contributed by atoms with Crippen molar-refractivity contribution in [2.45, 2.75) is 11.1 Å². The summed E-state index contributed by atoms with van der Waals surface area (Å²) in [6, 6.07) is 9.94. The number of hydrogen-bond donors (Lipinski definition) is 2. The molecule has 0 radical (unpaired) electrons. The highest BCUT2D eigenvalue weighted by atomic mass is 35.5. The van der Waals surface area contributed by atoms with E-state index in [0.29, 0.717) is 5.02 Å². The Morgan fingerprint density at radius 3 is 2.37 bits per heavy atom. The lowest BCUT2D eigenvalue weighted by Gasteiger charge is -2.09. The molecule has 0 spiro atoms. The minimum absolute atomic E-state index is 0.0951. The summed E-state index contributed by atoms with van der Waals surface area (Å²) < 4.78 is 64.6. The van der Waals surface area contributed by atoms with Gasteiger partial charge < -0.3 is 0 Å². The highest BCUT2D eigenvalue weighted by Crippen LogP contribution is 2.31. The minimum atomic E-state index is -4.57. The molecule has 2 aromatic carbocycles. The predicted molar refractivity (Wildman–Crippen MR) is 93.8 cm³/mol. The van der Waals surface area contributed by atoms with Gasteiger partial charge in [-0.15, -0.1) is 0 Å². The molecular weight excluding hydrogens is 407 g/mol. The van der Waals surface area contributed by atoms with E-state index in [2.05, 4.69) is 5.10 Å². The van der Waals surface area contributed by atoms with Gasteiger partial charge in [-0.3, -0.25) is 4.79 Å². The van der Waals surface area contributed by atoms with Gasteiger partial charge in [-0.25, -0.2) is 18.6 Å². The van der Waals surface area contributed by atoms with Gasteiger partial charge in [0, 0.05) is 10.6 Å². The van der Waals surface area contributed by atoms with E-state index >= 15 is 0 Å². The van der Waals surface area contributed by atoms with E-state index in [1.807, 2.05) is 10.1 Å². The number of carbonyl (C=O) groups is 1. The first-order valence-electron chi connectivity index (χ1n) is 7.33. The van der Waals surface area contributed by atoms with Crippen molar-refractivity contribution in [2.75, 3.05) is 6.54 Å². The Morgan fingerprint density at radius 1 is 1.11 bits per heavy atom. The monoisotopic (exact) mass is 419 g/mol. The molecule has 27 heavy (non-hydrogen) atoms. The number of carbonyl (C=O) groups excluding carboxylic acids is 1. The molecule has 2 rings (SSSR count). The molecule has 0 heterocycles. The summed E-state index contributed by atoms with van der Waals surface area (Å²) in [7, 11) is -3.95. The molecule has 0 fully saturated rings. The van der Waals surface area contributed by atoms with Crippen LogP contribution in [0.4, 0.5) is 13.2 Å². The number of hydrazone groups is 1. The van der Waals surface area contributed by atoms with Crippen LogP contribution in [-0.2, 0) is 21.0 Å². The van der Waals surface area contributed by atoms with Crippen LogP contribution in [0, 0.1) is 0 Å². The predicted octanol–water partition coefficient (Wildman–Crippen LogP) is 2.79. The lowest BCUT2D eigenvalue weighted by Crippen LogP contribution is -2.34. The molecule has 0 saturated carbocycles. The van der Waals surface area contributed by atoms with Crippen molar-refractivity contribution in [2.24, 2.45) is 5.10 Å². The third-order valence-corrected chi connectivity index (χ3v) is 4.87. The zero-order valence-corrected chi connectivity index (χ0v) is 15.1. The maximum atomic E-state index is 12.8. The summed E-state index contributed by atoms with van der Waals surface area (Å²) in [5, 5.41) is 3.77. The molecule has 0 aliphatic rings. The maximum Gasteiger partial charge on any atom is 0.417 e. The van der Waals surface area contributed by atoms with E-state index in [0.717, 1.165) is 12.3 Å². The largest absolute Gasteiger partial charge is 0.417 e. The zero-order valence-electron chi connectivity index (χ0n) is 13.5. The van der Waals surface area contributed by atoms with Gasteiger partial charge in [-0.1, -0.05) is 29.8 Å². The molecule has 0 saturated heterocycles.